The van der Waals surface area contributed by atoms with Gasteiger partial charge in [0, 0.05) is 48.9 Å². The Morgan fingerprint density at radius 2 is 1.76 bits per heavy atom. The van der Waals surface area contributed by atoms with Gasteiger partial charge in [0.1, 0.15) is 5.82 Å². The van der Waals surface area contributed by atoms with Crippen LogP contribution in [0.3, 0.4) is 0 Å². The molecule has 4 aromatic rings. The molecule has 1 N–H and O–H groups in total. The Bertz CT molecular complexity index is 1430. The van der Waals surface area contributed by atoms with Crippen LogP contribution in [0.4, 0.5) is 21.7 Å². The molecule has 0 aliphatic carbocycles. The van der Waals surface area contributed by atoms with Crippen LogP contribution in [0.15, 0.2) is 91.6 Å². The van der Waals surface area contributed by atoms with E-state index in [0.717, 1.165) is 59.6 Å². The van der Waals surface area contributed by atoms with E-state index in [1.54, 1.807) is 6.07 Å². The van der Waals surface area contributed by atoms with Crippen LogP contribution in [0.5, 0.6) is 0 Å². The highest BCUT2D eigenvalue weighted by Crippen LogP contribution is 2.30. The summed E-state index contributed by atoms with van der Waals surface area (Å²) in [4.78, 5) is 23.6. The molecule has 5 rings (SSSR count). The molecule has 0 spiro atoms. The van der Waals surface area contributed by atoms with E-state index in [1.807, 2.05) is 54.7 Å². The maximum Gasteiger partial charge on any atom is 0.227 e. The first kappa shape index (κ1) is 25.3. The first-order valence-corrected chi connectivity index (χ1v) is 13.0. The van der Waals surface area contributed by atoms with E-state index in [2.05, 4.69) is 33.9 Å². The lowest BCUT2D eigenvalue weighted by Crippen LogP contribution is -2.30. The van der Waals surface area contributed by atoms with Crippen molar-refractivity contribution in [2.24, 2.45) is 0 Å². The molecule has 38 heavy (non-hydrogen) atoms. The summed E-state index contributed by atoms with van der Waals surface area (Å²) in [6.45, 7) is 5.31. The van der Waals surface area contributed by atoms with Gasteiger partial charge in [0.05, 0.1) is 11.4 Å². The van der Waals surface area contributed by atoms with Gasteiger partial charge in [-0.1, -0.05) is 55.1 Å². The number of allylic oxidation sites excluding steroid dienone is 1. The average Bonchev–Trinajstić information content (AvgIpc) is 2.96. The molecule has 1 fully saturated rings. The predicted octanol–water partition coefficient (Wildman–Crippen LogP) is 6.91. The van der Waals surface area contributed by atoms with E-state index in [4.69, 9.17) is 4.98 Å². The number of halogens is 1. The largest absolute Gasteiger partial charge is 0.369 e. The van der Waals surface area contributed by atoms with Crippen LogP contribution >= 0.6 is 0 Å². The number of aromatic nitrogens is 2. The third kappa shape index (κ3) is 6.14. The Labute approximate surface area is 223 Å². The third-order valence-corrected chi connectivity index (χ3v) is 6.81. The summed E-state index contributed by atoms with van der Waals surface area (Å²) in [5.41, 5.74) is 6.06. The highest BCUT2D eigenvalue weighted by Gasteiger charge is 2.17. The van der Waals surface area contributed by atoms with Crippen molar-refractivity contribution in [2.45, 2.75) is 32.1 Å². The molecule has 3 aromatic carbocycles. The number of benzene rings is 3. The van der Waals surface area contributed by atoms with Crippen LogP contribution in [0, 0.1) is 5.82 Å². The third-order valence-electron chi connectivity index (χ3n) is 6.81. The predicted molar refractivity (Wildman–Crippen MR) is 151 cm³/mol. The first-order chi connectivity index (χ1) is 18.6. The van der Waals surface area contributed by atoms with E-state index in [-0.39, 0.29) is 18.0 Å². The number of nitrogens with zero attached hydrogens (tertiary/aromatic N) is 3. The van der Waals surface area contributed by atoms with Crippen LogP contribution < -0.4 is 10.2 Å². The lowest BCUT2D eigenvalue weighted by atomic mass is 9.98. The lowest BCUT2D eigenvalue weighted by molar-refractivity contribution is -0.114. The molecule has 0 unspecified atom stereocenters. The van der Waals surface area contributed by atoms with Crippen molar-refractivity contribution < 1.29 is 9.18 Å². The molecule has 0 amide bonds. The normalized spacial score (nSPS) is 13.2. The number of hydrogen-bond donors (Lipinski definition) is 1. The number of piperidine rings is 1. The van der Waals surface area contributed by atoms with Crippen molar-refractivity contribution in [1.82, 2.24) is 9.97 Å². The summed E-state index contributed by atoms with van der Waals surface area (Å²) >= 11 is 0. The molecule has 5 nitrogen and oxygen atoms in total. The highest BCUT2D eigenvalue weighted by molar-refractivity contribution is 5.91. The molecule has 1 aliphatic rings. The molecule has 0 saturated carbocycles. The second-order valence-electron chi connectivity index (χ2n) is 9.62. The Hall–Kier alpha value is -4.32. The molecule has 1 aromatic heterocycles. The molecule has 6 heteroatoms. The maximum atomic E-state index is 14.7. The zero-order valence-electron chi connectivity index (χ0n) is 21.4. The second kappa shape index (κ2) is 11.8. The Balaban J connectivity index is 1.48. The molecule has 1 aliphatic heterocycles. The fraction of sp³-hybridized carbons (Fsp3) is 0.219. The van der Waals surface area contributed by atoms with E-state index in [0.29, 0.717) is 18.1 Å². The molecular formula is C32H31FN4O. The van der Waals surface area contributed by atoms with Gasteiger partial charge in [-0.3, -0.25) is 4.79 Å². The zero-order valence-corrected chi connectivity index (χ0v) is 21.4. The molecular weight excluding hydrogens is 475 g/mol. The lowest BCUT2D eigenvalue weighted by Gasteiger charge is -2.29. The number of anilines is 3. The quantitative estimate of drug-likeness (QED) is 0.250. The second-order valence-corrected chi connectivity index (χ2v) is 9.62. The van der Waals surface area contributed by atoms with Crippen molar-refractivity contribution in [3.63, 3.8) is 0 Å². The van der Waals surface area contributed by atoms with Gasteiger partial charge in [-0.2, -0.15) is 0 Å². The van der Waals surface area contributed by atoms with Crippen molar-refractivity contribution >= 4 is 23.1 Å². The maximum absolute atomic E-state index is 14.7. The van der Waals surface area contributed by atoms with Crippen molar-refractivity contribution in [1.29, 1.82) is 0 Å². The van der Waals surface area contributed by atoms with Crippen LogP contribution in [0.1, 0.15) is 36.0 Å². The average molecular weight is 507 g/mol. The SMILES string of the molecule is C=CC(=O)Cc1cccc(-c2nc(Nc3ccc(F)c(N4CCCCC4)c3)ncc2Cc2ccccc2)c1. The fourth-order valence-electron chi connectivity index (χ4n) is 4.86. The number of rotatable bonds is 9. The number of carbonyl (C=O) groups is 1. The summed E-state index contributed by atoms with van der Waals surface area (Å²) in [7, 11) is 0. The zero-order chi connectivity index (χ0) is 26.3. The monoisotopic (exact) mass is 506 g/mol. The van der Waals surface area contributed by atoms with E-state index < -0.39 is 0 Å². The molecule has 0 atom stereocenters. The minimum atomic E-state index is -0.219. The number of nitrogens with one attached hydrogen (secondary N) is 1. The first-order valence-electron chi connectivity index (χ1n) is 13.0. The Morgan fingerprint density at radius 3 is 2.55 bits per heavy atom. The van der Waals surface area contributed by atoms with Gasteiger partial charge >= 0.3 is 0 Å². The summed E-state index contributed by atoms with van der Waals surface area (Å²) < 4.78 is 14.7. The Kier molecular flexibility index (Phi) is 7.88. The molecule has 2 heterocycles. The van der Waals surface area contributed by atoms with Gasteiger partial charge in [-0.05, 0) is 60.7 Å². The Morgan fingerprint density at radius 1 is 0.974 bits per heavy atom. The minimum Gasteiger partial charge on any atom is -0.369 e. The van der Waals surface area contributed by atoms with Gasteiger partial charge in [0.2, 0.25) is 5.95 Å². The molecule has 0 bridgehead atoms. The van der Waals surface area contributed by atoms with Gasteiger partial charge in [0.25, 0.3) is 0 Å². The van der Waals surface area contributed by atoms with Gasteiger partial charge < -0.3 is 10.2 Å². The summed E-state index contributed by atoms with van der Waals surface area (Å²) in [6, 6.07) is 23.1. The van der Waals surface area contributed by atoms with E-state index >= 15 is 0 Å². The molecule has 0 radical (unpaired) electrons. The van der Waals surface area contributed by atoms with Crippen LogP contribution in [-0.2, 0) is 17.6 Å². The van der Waals surface area contributed by atoms with Gasteiger partial charge in [-0.25, -0.2) is 14.4 Å². The minimum absolute atomic E-state index is 0.0301. The topological polar surface area (TPSA) is 58.1 Å². The van der Waals surface area contributed by atoms with E-state index in [1.165, 1.54) is 18.6 Å². The summed E-state index contributed by atoms with van der Waals surface area (Å²) in [6.07, 6.45) is 7.48. The highest BCUT2D eigenvalue weighted by atomic mass is 19.1. The number of carbonyl (C=O) groups excluding carboxylic acids is 1. The van der Waals surface area contributed by atoms with Crippen LogP contribution in [0.25, 0.3) is 11.3 Å². The fourth-order valence-corrected chi connectivity index (χ4v) is 4.86. The van der Waals surface area contributed by atoms with Gasteiger partial charge in [-0.15, -0.1) is 0 Å². The van der Waals surface area contributed by atoms with E-state index in [9.17, 15) is 9.18 Å². The van der Waals surface area contributed by atoms with Crippen LogP contribution in [0.2, 0.25) is 0 Å². The van der Waals surface area contributed by atoms with Crippen molar-refractivity contribution in [3.8, 4) is 11.3 Å². The van der Waals surface area contributed by atoms with Crippen molar-refractivity contribution in [3.05, 3.63) is 114 Å². The van der Waals surface area contributed by atoms with Gasteiger partial charge in [0.15, 0.2) is 5.78 Å². The van der Waals surface area contributed by atoms with Crippen LogP contribution in [-0.4, -0.2) is 28.8 Å². The molecule has 1 saturated heterocycles. The van der Waals surface area contributed by atoms with Crippen molar-refractivity contribution in [2.75, 3.05) is 23.3 Å². The molecule has 192 valence electrons. The smallest absolute Gasteiger partial charge is 0.227 e. The number of hydrogen-bond acceptors (Lipinski definition) is 5. The standard InChI is InChI=1S/C32H31FN4O/c1-2-28(38)20-24-12-9-13-25(19-24)31-26(18-23-10-5-3-6-11-23)22-34-32(36-31)35-27-14-15-29(33)30(21-27)37-16-7-4-8-17-37/h2-3,5-6,9-15,19,21-22H,1,4,7-8,16-18,20H2,(H,34,35,36). The number of ketones is 1. The summed E-state index contributed by atoms with van der Waals surface area (Å²) in [5.74, 6) is 0.182. The summed E-state index contributed by atoms with van der Waals surface area (Å²) in [5, 5.41) is 3.28.